The number of unbranched alkanes of at least 4 members (excludes halogenated alkanes) is 4. The fourth-order valence-corrected chi connectivity index (χ4v) is 2.38. The third kappa shape index (κ3) is 4.49. The lowest BCUT2D eigenvalue weighted by Crippen LogP contribution is -2.16. The quantitative estimate of drug-likeness (QED) is 0.700. The third-order valence-corrected chi connectivity index (χ3v) is 3.52. The summed E-state index contributed by atoms with van der Waals surface area (Å²) >= 11 is 0. The zero-order valence-corrected chi connectivity index (χ0v) is 12.4. The molecule has 0 unspecified atom stereocenters. The summed E-state index contributed by atoms with van der Waals surface area (Å²) in [6, 6.07) is 8.31. The van der Waals surface area contributed by atoms with Crippen LogP contribution in [0.2, 0.25) is 0 Å². The van der Waals surface area contributed by atoms with E-state index in [0.717, 1.165) is 18.8 Å². The molecule has 0 fully saturated rings. The molecular weight excluding hydrogens is 246 g/mol. The number of aromatic nitrogens is 2. The molecule has 3 heteroatoms. The van der Waals surface area contributed by atoms with Crippen LogP contribution in [0.25, 0.3) is 5.69 Å². The highest BCUT2D eigenvalue weighted by atomic mass is 15.0. The second kappa shape index (κ2) is 8.54. The van der Waals surface area contributed by atoms with E-state index in [1.807, 2.05) is 12.3 Å². The fraction of sp³-hybridized carbons (Fsp3) is 0.471. The summed E-state index contributed by atoms with van der Waals surface area (Å²) in [4.78, 5) is 4.18. The molecule has 0 aromatic carbocycles. The second-order valence-electron chi connectivity index (χ2n) is 5.17. The minimum Gasteiger partial charge on any atom is -0.318 e. The van der Waals surface area contributed by atoms with Gasteiger partial charge in [0.2, 0.25) is 0 Å². The summed E-state index contributed by atoms with van der Waals surface area (Å²) < 4.78 is 2.19. The van der Waals surface area contributed by atoms with Crippen molar-refractivity contribution < 1.29 is 0 Å². The zero-order valence-electron chi connectivity index (χ0n) is 12.4. The minimum atomic E-state index is 0.912. The SMILES string of the molecule is CCCCCCCNCc1cccn1-c1cccnc1. The molecule has 0 aliphatic rings. The summed E-state index contributed by atoms with van der Waals surface area (Å²) in [7, 11) is 0. The maximum absolute atomic E-state index is 4.18. The van der Waals surface area contributed by atoms with Crippen molar-refractivity contribution in [3.05, 3.63) is 48.5 Å². The van der Waals surface area contributed by atoms with Gasteiger partial charge in [0.25, 0.3) is 0 Å². The molecule has 2 aromatic heterocycles. The van der Waals surface area contributed by atoms with Crippen molar-refractivity contribution in [2.75, 3.05) is 6.54 Å². The Labute approximate surface area is 122 Å². The molecule has 2 aromatic rings. The Kier molecular flexibility index (Phi) is 6.32. The molecule has 0 aliphatic heterocycles. The van der Waals surface area contributed by atoms with Gasteiger partial charge in [-0.05, 0) is 37.2 Å². The Morgan fingerprint density at radius 2 is 2.00 bits per heavy atom. The average Bonchev–Trinajstić information content (AvgIpc) is 2.96. The summed E-state index contributed by atoms with van der Waals surface area (Å²) in [6.07, 6.45) is 12.4. The lowest BCUT2D eigenvalue weighted by molar-refractivity contribution is 0.577. The van der Waals surface area contributed by atoms with Crippen LogP contribution >= 0.6 is 0 Å². The van der Waals surface area contributed by atoms with Crippen LogP contribution in [0.1, 0.15) is 44.7 Å². The number of rotatable bonds is 9. The first-order valence-electron chi connectivity index (χ1n) is 7.69. The first-order chi connectivity index (χ1) is 9.92. The molecule has 108 valence electrons. The van der Waals surface area contributed by atoms with E-state index in [0.29, 0.717) is 0 Å². The van der Waals surface area contributed by atoms with Gasteiger partial charge in [-0.3, -0.25) is 4.98 Å². The van der Waals surface area contributed by atoms with Gasteiger partial charge in [0.05, 0.1) is 11.9 Å². The van der Waals surface area contributed by atoms with Gasteiger partial charge >= 0.3 is 0 Å². The molecule has 0 spiro atoms. The topological polar surface area (TPSA) is 29.9 Å². The number of pyridine rings is 1. The van der Waals surface area contributed by atoms with Crippen LogP contribution in [0, 0.1) is 0 Å². The van der Waals surface area contributed by atoms with E-state index in [2.05, 4.69) is 46.2 Å². The van der Waals surface area contributed by atoms with Crippen LogP contribution in [0.15, 0.2) is 42.9 Å². The van der Waals surface area contributed by atoms with Crippen LogP contribution in [0.4, 0.5) is 0 Å². The zero-order chi connectivity index (χ0) is 14.0. The van der Waals surface area contributed by atoms with E-state index in [4.69, 9.17) is 0 Å². The maximum Gasteiger partial charge on any atom is 0.0636 e. The summed E-state index contributed by atoms with van der Waals surface area (Å²) in [5.74, 6) is 0. The predicted octanol–water partition coefficient (Wildman–Crippen LogP) is 3.93. The van der Waals surface area contributed by atoms with E-state index in [1.54, 1.807) is 6.20 Å². The van der Waals surface area contributed by atoms with Crippen molar-refractivity contribution in [1.29, 1.82) is 0 Å². The molecule has 1 N–H and O–H groups in total. The van der Waals surface area contributed by atoms with E-state index in [9.17, 15) is 0 Å². The molecule has 2 heterocycles. The highest BCUT2D eigenvalue weighted by Gasteiger charge is 2.02. The summed E-state index contributed by atoms with van der Waals surface area (Å²) in [5, 5.41) is 3.53. The monoisotopic (exact) mass is 271 g/mol. The van der Waals surface area contributed by atoms with Crippen molar-refractivity contribution in [1.82, 2.24) is 14.9 Å². The van der Waals surface area contributed by atoms with Crippen LogP contribution in [0.5, 0.6) is 0 Å². The normalized spacial score (nSPS) is 10.8. The molecule has 0 bridgehead atoms. The van der Waals surface area contributed by atoms with Gasteiger partial charge in [0.15, 0.2) is 0 Å². The molecular formula is C17H25N3. The Morgan fingerprint density at radius 1 is 1.10 bits per heavy atom. The van der Waals surface area contributed by atoms with Crippen LogP contribution in [-0.2, 0) is 6.54 Å². The molecule has 0 aliphatic carbocycles. The van der Waals surface area contributed by atoms with Gasteiger partial charge in [-0.2, -0.15) is 0 Å². The van der Waals surface area contributed by atoms with Crippen molar-refractivity contribution in [2.24, 2.45) is 0 Å². The minimum absolute atomic E-state index is 0.912. The van der Waals surface area contributed by atoms with Gasteiger partial charge in [-0.1, -0.05) is 32.6 Å². The average molecular weight is 271 g/mol. The van der Waals surface area contributed by atoms with E-state index >= 15 is 0 Å². The van der Waals surface area contributed by atoms with Crippen LogP contribution < -0.4 is 5.32 Å². The molecule has 0 atom stereocenters. The Bertz CT molecular complexity index is 476. The largest absolute Gasteiger partial charge is 0.318 e. The van der Waals surface area contributed by atoms with Crippen molar-refractivity contribution in [2.45, 2.75) is 45.6 Å². The van der Waals surface area contributed by atoms with Gasteiger partial charge in [0, 0.05) is 24.6 Å². The van der Waals surface area contributed by atoms with E-state index in [1.165, 1.54) is 37.8 Å². The molecule has 0 saturated carbocycles. The first-order valence-corrected chi connectivity index (χ1v) is 7.69. The second-order valence-corrected chi connectivity index (χ2v) is 5.17. The maximum atomic E-state index is 4.18. The van der Waals surface area contributed by atoms with Crippen molar-refractivity contribution in [3.8, 4) is 5.69 Å². The summed E-state index contributed by atoms with van der Waals surface area (Å²) in [6.45, 7) is 4.27. The molecule has 0 radical (unpaired) electrons. The van der Waals surface area contributed by atoms with Gasteiger partial charge in [-0.15, -0.1) is 0 Å². The number of nitrogens with zero attached hydrogens (tertiary/aromatic N) is 2. The predicted molar refractivity (Wildman–Crippen MR) is 84.0 cm³/mol. The van der Waals surface area contributed by atoms with Gasteiger partial charge < -0.3 is 9.88 Å². The van der Waals surface area contributed by atoms with E-state index < -0.39 is 0 Å². The van der Waals surface area contributed by atoms with Crippen LogP contribution in [0.3, 0.4) is 0 Å². The number of hydrogen-bond donors (Lipinski definition) is 1. The Hall–Kier alpha value is -1.61. The smallest absolute Gasteiger partial charge is 0.0636 e. The molecule has 0 saturated heterocycles. The highest BCUT2D eigenvalue weighted by molar-refractivity contribution is 5.31. The molecule has 0 amide bonds. The number of hydrogen-bond acceptors (Lipinski definition) is 2. The Balaban J connectivity index is 1.76. The van der Waals surface area contributed by atoms with Gasteiger partial charge in [0.1, 0.15) is 0 Å². The lowest BCUT2D eigenvalue weighted by atomic mass is 10.1. The van der Waals surface area contributed by atoms with Crippen LogP contribution in [-0.4, -0.2) is 16.1 Å². The number of nitrogens with one attached hydrogen (secondary N) is 1. The molecule has 20 heavy (non-hydrogen) atoms. The van der Waals surface area contributed by atoms with Crippen molar-refractivity contribution in [3.63, 3.8) is 0 Å². The first kappa shape index (κ1) is 14.8. The summed E-state index contributed by atoms with van der Waals surface area (Å²) in [5.41, 5.74) is 2.41. The Morgan fingerprint density at radius 3 is 2.80 bits per heavy atom. The third-order valence-electron chi connectivity index (χ3n) is 3.52. The standard InChI is InChI=1S/C17H25N3/c1-2-3-4-5-6-11-18-15-17-10-8-13-20(17)16-9-7-12-19-14-16/h7-10,12-14,18H,2-6,11,15H2,1H3. The molecule has 3 nitrogen and oxygen atoms in total. The van der Waals surface area contributed by atoms with Crippen molar-refractivity contribution >= 4 is 0 Å². The van der Waals surface area contributed by atoms with Gasteiger partial charge in [-0.25, -0.2) is 0 Å². The lowest BCUT2D eigenvalue weighted by Gasteiger charge is -2.10. The van der Waals surface area contributed by atoms with E-state index in [-0.39, 0.29) is 0 Å². The fourth-order valence-electron chi connectivity index (χ4n) is 2.38. The molecule has 2 rings (SSSR count). The highest BCUT2D eigenvalue weighted by Crippen LogP contribution is 2.11.